The van der Waals surface area contributed by atoms with E-state index in [0.29, 0.717) is 17.3 Å². The van der Waals surface area contributed by atoms with Gasteiger partial charge in [0.15, 0.2) is 5.13 Å². The van der Waals surface area contributed by atoms with Crippen molar-refractivity contribution in [2.24, 2.45) is 0 Å². The maximum atomic E-state index is 11.8. The monoisotopic (exact) mass is 350 g/mol. The molecule has 1 heterocycles. The minimum absolute atomic E-state index is 0.121. The van der Waals surface area contributed by atoms with E-state index in [0.717, 1.165) is 11.3 Å². The quantitative estimate of drug-likeness (QED) is 0.613. The van der Waals surface area contributed by atoms with Gasteiger partial charge in [-0.3, -0.25) is 9.59 Å². The molecule has 0 fully saturated rings. The van der Waals surface area contributed by atoms with Crippen molar-refractivity contribution >= 4 is 40.1 Å². The van der Waals surface area contributed by atoms with Gasteiger partial charge in [-0.2, -0.15) is 11.8 Å². The summed E-state index contributed by atoms with van der Waals surface area (Å²) < 4.78 is 4.54. The number of hydrogen-bond acceptors (Lipinski definition) is 6. The number of esters is 1. The van der Waals surface area contributed by atoms with E-state index in [9.17, 15) is 9.59 Å². The lowest BCUT2D eigenvalue weighted by Crippen LogP contribution is -2.14. The first kappa shape index (κ1) is 17.5. The van der Waals surface area contributed by atoms with Crippen LogP contribution in [-0.4, -0.2) is 35.5 Å². The van der Waals surface area contributed by atoms with Crippen molar-refractivity contribution in [3.05, 3.63) is 35.2 Å². The molecule has 0 atom stereocenters. The lowest BCUT2D eigenvalue weighted by atomic mass is 10.1. The Morgan fingerprint density at radius 1 is 1.30 bits per heavy atom. The predicted molar refractivity (Wildman–Crippen MR) is 94.9 cm³/mol. The summed E-state index contributed by atoms with van der Waals surface area (Å²) in [6.07, 6.45) is 0.309. The van der Waals surface area contributed by atoms with Gasteiger partial charge in [0.2, 0.25) is 5.91 Å². The second-order valence-electron chi connectivity index (χ2n) is 4.83. The number of aryl methyl sites for hydroxylation is 1. The molecule has 1 aromatic carbocycles. The van der Waals surface area contributed by atoms with E-state index in [1.165, 1.54) is 35.8 Å². The highest BCUT2D eigenvalue weighted by molar-refractivity contribution is 7.99. The third kappa shape index (κ3) is 5.69. The van der Waals surface area contributed by atoms with E-state index in [-0.39, 0.29) is 17.6 Å². The summed E-state index contributed by atoms with van der Waals surface area (Å²) in [5.74, 6) is 0.466. The van der Waals surface area contributed by atoms with E-state index in [2.05, 4.69) is 15.0 Å². The predicted octanol–water partition coefficient (Wildman–Crippen LogP) is 3.35. The lowest BCUT2D eigenvalue weighted by molar-refractivity contribution is -0.140. The Balaban J connectivity index is 1.81. The van der Waals surface area contributed by atoms with E-state index >= 15 is 0 Å². The van der Waals surface area contributed by atoms with Crippen molar-refractivity contribution in [1.82, 2.24) is 4.98 Å². The van der Waals surface area contributed by atoms with Crippen LogP contribution in [0.1, 0.15) is 12.0 Å². The molecule has 0 aliphatic heterocycles. The molecule has 0 aliphatic carbocycles. The van der Waals surface area contributed by atoms with Gasteiger partial charge in [0.1, 0.15) is 0 Å². The highest BCUT2D eigenvalue weighted by atomic mass is 32.2. The molecule has 0 saturated heterocycles. The summed E-state index contributed by atoms with van der Waals surface area (Å²) in [5.41, 5.74) is 3.07. The van der Waals surface area contributed by atoms with Crippen LogP contribution < -0.4 is 5.32 Å². The molecule has 0 spiro atoms. The Labute approximate surface area is 143 Å². The van der Waals surface area contributed by atoms with Gasteiger partial charge >= 0.3 is 5.97 Å². The molecule has 0 unspecified atom stereocenters. The van der Waals surface area contributed by atoms with Crippen LogP contribution in [0.5, 0.6) is 0 Å². The van der Waals surface area contributed by atoms with Crippen LogP contribution in [0.3, 0.4) is 0 Å². The highest BCUT2D eigenvalue weighted by Crippen LogP contribution is 2.25. The average molecular weight is 350 g/mol. The van der Waals surface area contributed by atoms with Crippen LogP contribution in [0.15, 0.2) is 29.6 Å². The summed E-state index contributed by atoms with van der Waals surface area (Å²) in [6.45, 7) is 2.04. The van der Waals surface area contributed by atoms with Gasteiger partial charge < -0.3 is 10.1 Å². The zero-order valence-corrected chi connectivity index (χ0v) is 14.6. The number of anilines is 1. The SMILES string of the molecule is COC(=O)CCSCC(=O)Nc1nc(-c2ccc(C)cc2)cs1. The second kappa shape index (κ2) is 8.69. The molecule has 0 saturated carbocycles. The van der Waals surface area contributed by atoms with Crippen molar-refractivity contribution < 1.29 is 14.3 Å². The summed E-state index contributed by atoms with van der Waals surface area (Å²) >= 11 is 2.79. The third-order valence-corrected chi connectivity index (χ3v) is 4.73. The first-order valence-corrected chi connectivity index (χ1v) is 9.09. The Bertz CT molecular complexity index is 668. The zero-order chi connectivity index (χ0) is 16.7. The molecular formula is C16H18N2O3S2. The number of nitrogens with zero attached hydrogens (tertiary/aromatic N) is 1. The number of carbonyl (C=O) groups excluding carboxylic acids is 2. The number of nitrogens with one attached hydrogen (secondary N) is 1. The number of benzene rings is 1. The van der Waals surface area contributed by atoms with Crippen LogP contribution >= 0.6 is 23.1 Å². The van der Waals surface area contributed by atoms with Crippen LogP contribution in [0.4, 0.5) is 5.13 Å². The van der Waals surface area contributed by atoms with Gasteiger partial charge in [-0.05, 0) is 6.92 Å². The van der Waals surface area contributed by atoms with E-state index in [1.807, 2.05) is 36.6 Å². The van der Waals surface area contributed by atoms with Gasteiger partial charge in [0, 0.05) is 16.7 Å². The maximum absolute atomic E-state index is 11.8. The topological polar surface area (TPSA) is 68.3 Å². The van der Waals surface area contributed by atoms with Crippen molar-refractivity contribution in [3.8, 4) is 11.3 Å². The van der Waals surface area contributed by atoms with Crippen LogP contribution in [-0.2, 0) is 14.3 Å². The smallest absolute Gasteiger partial charge is 0.306 e. The molecule has 5 nitrogen and oxygen atoms in total. The number of hydrogen-bond donors (Lipinski definition) is 1. The molecule has 0 aliphatic rings. The zero-order valence-electron chi connectivity index (χ0n) is 13.0. The molecule has 7 heteroatoms. The van der Waals surface area contributed by atoms with Crippen molar-refractivity contribution in [2.45, 2.75) is 13.3 Å². The molecule has 2 rings (SSSR count). The van der Waals surface area contributed by atoms with Crippen LogP contribution in [0.25, 0.3) is 11.3 Å². The minimum Gasteiger partial charge on any atom is -0.469 e. The van der Waals surface area contributed by atoms with E-state index in [1.54, 1.807) is 0 Å². The summed E-state index contributed by atoms with van der Waals surface area (Å²) in [7, 11) is 1.35. The average Bonchev–Trinajstić information content (AvgIpc) is 3.00. The lowest BCUT2D eigenvalue weighted by Gasteiger charge is -2.02. The fourth-order valence-corrected chi connectivity index (χ4v) is 3.21. The van der Waals surface area contributed by atoms with Crippen molar-refractivity contribution in [1.29, 1.82) is 0 Å². The maximum Gasteiger partial charge on any atom is 0.306 e. The number of ether oxygens (including phenoxy) is 1. The molecule has 0 bridgehead atoms. The van der Waals surface area contributed by atoms with Gasteiger partial charge in [0.25, 0.3) is 0 Å². The fraction of sp³-hybridized carbons (Fsp3) is 0.312. The van der Waals surface area contributed by atoms with Crippen molar-refractivity contribution in [3.63, 3.8) is 0 Å². The summed E-state index contributed by atoms with van der Waals surface area (Å²) in [4.78, 5) is 27.2. The molecule has 122 valence electrons. The number of carbonyl (C=O) groups is 2. The number of thiazole rings is 1. The molecule has 1 aromatic heterocycles. The summed E-state index contributed by atoms with van der Waals surface area (Å²) in [6, 6.07) is 8.09. The first-order chi connectivity index (χ1) is 11.1. The molecule has 23 heavy (non-hydrogen) atoms. The van der Waals surface area contributed by atoms with Crippen molar-refractivity contribution in [2.75, 3.05) is 23.9 Å². The normalized spacial score (nSPS) is 10.3. The largest absolute Gasteiger partial charge is 0.469 e. The number of amides is 1. The number of rotatable bonds is 7. The third-order valence-electron chi connectivity index (χ3n) is 3.01. The Morgan fingerprint density at radius 2 is 2.04 bits per heavy atom. The molecule has 1 N–H and O–H groups in total. The fourth-order valence-electron chi connectivity index (χ4n) is 1.77. The van der Waals surface area contributed by atoms with Gasteiger partial charge in [-0.1, -0.05) is 29.8 Å². The molecule has 0 radical (unpaired) electrons. The first-order valence-electron chi connectivity index (χ1n) is 7.05. The Hall–Kier alpha value is -1.86. The number of methoxy groups -OCH3 is 1. The van der Waals surface area contributed by atoms with Gasteiger partial charge in [-0.25, -0.2) is 4.98 Å². The Kier molecular flexibility index (Phi) is 6.61. The van der Waals surface area contributed by atoms with Gasteiger partial charge in [-0.15, -0.1) is 11.3 Å². The standard InChI is InChI=1S/C16H18N2O3S2/c1-11-3-5-12(6-4-11)13-9-23-16(17-13)18-14(19)10-22-8-7-15(20)21-2/h3-6,9H,7-8,10H2,1-2H3,(H,17,18,19). The van der Waals surface area contributed by atoms with E-state index < -0.39 is 0 Å². The molecular weight excluding hydrogens is 332 g/mol. The van der Waals surface area contributed by atoms with Crippen LogP contribution in [0, 0.1) is 6.92 Å². The van der Waals surface area contributed by atoms with E-state index in [4.69, 9.17) is 0 Å². The highest BCUT2D eigenvalue weighted by Gasteiger charge is 2.09. The Morgan fingerprint density at radius 3 is 2.74 bits per heavy atom. The second-order valence-corrected chi connectivity index (χ2v) is 6.79. The van der Waals surface area contributed by atoms with Crippen LogP contribution in [0.2, 0.25) is 0 Å². The number of aromatic nitrogens is 1. The minimum atomic E-state index is -0.263. The summed E-state index contributed by atoms with van der Waals surface area (Å²) in [5, 5.41) is 5.28. The molecule has 1 amide bonds. The van der Waals surface area contributed by atoms with Gasteiger partial charge in [0.05, 0.1) is 25.0 Å². The molecule has 2 aromatic rings. The number of thioether (sulfide) groups is 1.